The monoisotopic (exact) mass is 332 g/mol. The van der Waals surface area contributed by atoms with Gasteiger partial charge in [0.25, 0.3) is 0 Å². The average Bonchev–Trinajstić information content (AvgIpc) is 3.20. The number of benzene rings is 2. The Hall–Kier alpha value is -3.34. The zero-order valence-electron chi connectivity index (χ0n) is 13.4. The van der Waals surface area contributed by atoms with Crippen LogP contribution in [0.4, 0.5) is 5.69 Å². The summed E-state index contributed by atoms with van der Waals surface area (Å²) in [7, 11) is 0. The van der Waals surface area contributed by atoms with Crippen molar-refractivity contribution in [1.29, 1.82) is 0 Å². The number of aliphatic imine (C=N–C) groups is 1. The summed E-state index contributed by atoms with van der Waals surface area (Å²) in [6.45, 7) is 0.421. The summed E-state index contributed by atoms with van der Waals surface area (Å²) >= 11 is 0. The molecular formula is C20H16N2O3. The number of nitrogens with zero attached hydrogens (tertiary/aromatic N) is 2. The second-order valence-electron chi connectivity index (χ2n) is 5.58. The highest BCUT2D eigenvalue weighted by Crippen LogP contribution is 2.33. The van der Waals surface area contributed by atoms with Crippen molar-refractivity contribution in [3.8, 4) is 11.7 Å². The van der Waals surface area contributed by atoms with Crippen LogP contribution in [-0.4, -0.2) is 22.9 Å². The van der Waals surface area contributed by atoms with Crippen molar-refractivity contribution in [2.24, 2.45) is 4.99 Å². The van der Waals surface area contributed by atoms with Crippen LogP contribution in [0.25, 0.3) is 11.6 Å². The van der Waals surface area contributed by atoms with Gasteiger partial charge in [0.15, 0.2) is 0 Å². The second-order valence-corrected chi connectivity index (χ2v) is 5.58. The Labute approximate surface area is 144 Å². The van der Waals surface area contributed by atoms with E-state index in [9.17, 15) is 5.11 Å². The molecule has 124 valence electrons. The van der Waals surface area contributed by atoms with Crippen LogP contribution in [-0.2, 0) is 6.42 Å². The number of oxazole rings is 1. The Morgan fingerprint density at radius 2 is 1.84 bits per heavy atom. The Balaban J connectivity index is 1.46. The Morgan fingerprint density at radius 3 is 2.72 bits per heavy atom. The third-order valence-corrected chi connectivity index (χ3v) is 3.86. The molecule has 0 aliphatic carbocycles. The van der Waals surface area contributed by atoms with Crippen molar-refractivity contribution in [3.05, 3.63) is 71.7 Å². The van der Waals surface area contributed by atoms with Gasteiger partial charge in [0.05, 0.1) is 18.7 Å². The van der Waals surface area contributed by atoms with Crippen LogP contribution in [0.1, 0.15) is 17.1 Å². The third-order valence-electron chi connectivity index (χ3n) is 3.86. The first-order valence-corrected chi connectivity index (χ1v) is 8.01. The fourth-order valence-electron chi connectivity index (χ4n) is 2.64. The average molecular weight is 332 g/mol. The highest BCUT2D eigenvalue weighted by atomic mass is 16.5. The van der Waals surface area contributed by atoms with Gasteiger partial charge in [-0.1, -0.05) is 36.4 Å². The molecule has 0 bridgehead atoms. The highest BCUT2D eigenvalue weighted by molar-refractivity contribution is 6.21. The van der Waals surface area contributed by atoms with Crippen molar-refractivity contribution < 1.29 is 14.3 Å². The van der Waals surface area contributed by atoms with Crippen LogP contribution in [0.5, 0.6) is 11.7 Å². The minimum atomic E-state index is -0.194. The number of aromatic hydroxyl groups is 1. The van der Waals surface area contributed by atoms with Gasteiger partial charge in [0.2, 0.25) is 5.89 Å². The van der Waals surface area contributed by atoms with Crippen molar-refractivity contribution in [2.45, 2.75) is 6.42 Å². The van der Waals surface area contributed by atoms with Gasteiger partial charge < -0.3 is 14.3 Å². The number of ether oxygens (including phenoxy) is 1. The van der Waals surface area contributed by atoms with Gasteiger partial charge in [-0.05, 0) is 24.3 Å². The van der Waals surface area contributed by atoms with Crippen LogP contribution in [0.3, 0.4) is 0 Å². The lowest BCUT2D eigenvalue weighted by Gasteiger charge is -2.03. The van der Waals surface area contributed by atoms with Crippen molar-refractivity contribution in [3.63, 3.8) is 0 Å². The van der Waals surface area contributed by atoms with Crippen molar-refractivity contribution >= 4 is 23.6 Å². The van der Waals surface area contributed by atoms with Crippen LogP contribution in [0.2, 0.25) is 0 Å². The van der Waals surface area contributed by atoms with Crippen LogP contribution < -0.4 is 4.74 Å². The maximum absolute atomic E-state index is 10.00. The van der Waals surface area contributed by atoms with Gasteiger partial charge in [-0.15, -0.1) is 0 Å². The van der Waals surface area contributed by atoms with E-state index in [2.05, 4.69) is 9.98 Å². The number of aromatic nitrogens is 1. The summed E-state index contributed by atoms with van der Waals surface area (Å²) in [5.74, 6) is 1.03. The SMILES string of the molecule is Oc1oc(CCOc2ccccc2)nc1/C=C1\C=Nc2ccccc21. The molecule has 5 nitrogen and oxygen atoms in total. The van der Waals surface area contributed by atoms with Gasteiger partial charge in [-0.2, -0.15) is 0 Å². The Kier molecular flexibility index (Phi) is 4.04. The van der Waals surface area contributed by atoms with E-state index in [1.807, 2.05) is 54.6 Å². The minimum absolute atomic E-state index is 0.194. The molecule has 2 aromatic carbocycles. The lowest BCUT2D eigenvalue weighted by Crippen LogP contribution is -2.01. The predicted octanol–water partition coefficient (Wildman–Crippen LogP) is 4.26. The summed E-state index contributed by atoms with van der Waals surface area (Å²) in [5, 5.41) is 10.00. The van der Waals surface area contributed by atoms with Gasteiger partial charge in [-0.25, -0.2) is 4.98 Å². The number of para-hydroxylation sites is 2. The third kappa shape index (κ3) is 3.30. The molecule has 0 amide bonds. The summed E-state index contributed by atoms with van der Waals surface area (Å²) in [6, 6.07) is 17.4. The summed E-state index contributed by atoms with van der Waals surface area (Å²) in [4.78, 5) is 8.69. The highest BCUT2D eigenvalue weighted by Gasteiger charge is 2.15. The molecule has 2 heterocycles. The summed E-state index contributed by atoms with van der Waals surface area (Å²) in [6.07, 6.45) is 4.00. The van der Waals surface area contributed by atoms with Crippen LogP contribution in [0.15, 0.2) is 64.0 Å². The zero-order valence-corrected chi connectivity index (χ0v) is 13.4. The van der Waals surface area contributed by atoms with Gasteiger partial charge in [0, 0.05) is 17.4 Å². The maximum atomic E-state index is 10.00. The fraction of sp³-hybridized carbons (Fsp3) is 0.100. The predicted molar refractivity (Wildman–Crippen MR) is 96.3 cm³/mol. The van der Waals surface area contributed by atoms with Crippen molar-refractivity contribution in [1.82, 2.24) is 4.98 Å². The van der Waals surface area contributed by atoms with Crippen LogP contribution in [0, 0.1) is 0 Å². The molecule has 0 fully saturated rings. The van der Waals surface area contributed by atoms with E-state index in [1.54, 1.807) is 12.3 Å². The lowest BCUT2D eigenvalue weighted by molar-refractivity contribution is 0.283. The van der Waals surface area contributed by atoms with Gasteiger partial charge >= 0.3 is 5.95 Å². The van der Waals surface area contributed by atoms with Crippen molar-refractivity contribution in [2.75, 3.05) is 6.61 Å². The zero-order chi connectivity index (χ0) is 17.1. The molecule has 0 unspecified atom stereocenters. The Morgan fingerprint density at radius 1 is 1.04 bits per heavy atom. The van der Waals surface area contributed by atoms with E-state index in [4.69, 9.17) is 9.15 Å². The number of rotatable bonds is 5. The molecule has 25 heavy (non-hydrogen) atoms. The molecule has 3 aromatic rings. The number of hydrogen-bond donors (Lipinski definition) is 1. The molecular weight excluding hydrogens is 316 g/mol. The quantitative estimate of drug-likeness (QED) is 0.758. The van der Waals surface area contributed by atoms with E-state index in [0.29, 0.717) is 24.6 Å². The number of allylic oxidation sites excluding steroid dienone is 1. The maximum Gasteiger partial charge on any atom is 0.310 e. The number of hydrogen-bond acceptors (Lipinski definition) is 5. The van der Waals surface area contributed by atoms with E-state index in [1.165, 1.54) is 0 Å². The molecule has 1 aromatic heterocycles. The second kappa shape index (κ2) is 6.65. The molecule has 5 heteroatoms. The lowest BCUT2D eigenvalue weighted by atomic mass is 10.1. The molecule has 0 saturated heterocycles. The molecule has 0 atom stereocenters. The largest absolute Gasteiger partial charge is 0.493 e. The van der Waals surface area contributed by atoms with Gasteiger partial charge in [0.1, 0.15) is 11.4 Å². The topological polar surface area (TPSA) is 67.9 Å². The molecule has 1 N–H and O–H groups in total. The molecule has 1 aliphatic heterocycles. The van der Waals surface area contributed by atoms with E-state index in [0.717, 1.165) is 22.6 Å². The van der Waals surface area contributed by atoms with E-state index >= 15 is 0 Å². The Bertz CT molecular complexity index is 943. The molecule has 0 radical (unpaired) electrons. The molecule has 4 rings (SSSR count). The van der Waals surface area contributed by atoms with Crippen LogP contribution >= 0.6 is 0 Å². The molecule has 0 spiro atoms. The first-order chi connectivity index (χ1) is 12.3. The smallest absolute Gasteiger partial charge is 0.310 e. The fourth-order valence-corrected chi connectivity index (χ4v) is 2.64. The molecule has 1 aliphatic rings. The minimum Gasteiger partial charge on any atom is -0.493 e. The summed E-state index contributed by atoms with van der Waals surface area (Å²) < 4.78 is 10.9. The van der Waals surface area contributed by atoms with E-state index < -0.39 is 0 Å². The first-order valence-electron chi connectivity index (χ1n) is 8.01. The molecule has 0 saturated carbocycles. The van der Waals surface area contributed by atoms with Gasteiger partial charge in [-0.3, -0.25) is 4.99 Å². The van der Waals surface area contributed by atoms with E-state index in [-0.39, 0.29) is 5.95 Å². The standard InChI is InChI=1S/C20H16N2O3/c23-20-18(12-14-13-21-17-9-5-4-8-16(14)17)22-19(25-20)10-11-24-15-6-2-1-3-7-15/h1-9,12-13,23H,10-11H2/b14-12+. The normalized spacial score (nSPS) is 14.0. The first kappa shape index (κ1) is 15.2. The number of fused-ring (bicyclic) bond motifs is 1. The summed E-state index contributed by atoms with van der Waals surface area (Å²) in [5.41, 5.74) is 3.21.